The van der Waals surface area contributed by atoms with Gasteiger partial charge in [-0.1, -0.05) is 75.4 Å². The van der Waals surface area contributed by atoms with E-state index in [0.717, 1.165) is 16.7 Å². The molecule has 0 unspecified atom stereocenters. The Bertz CT molecular complexity index is 2330. The number of nitrogens with zero attached hydrogens (tertiary/aromatic N) is 5. The molecule has 1 aliphatic rings. The Kier molecular flexibility index (Phi) is 13.5. The Morgan fingerprint density at radius 3 is 2.05 bits per heavy atom. The van der Waals surface area contributed by atoms with Crippen molar-refractivity contribution < 1.29 is 42.8 Å². The molecule has 0 radical (unpaired) electrons. The lowest BCUT2D eigenvalue weighted by molar-refractivity contribution is -0.160. The van der Waals surface area contributed by atoms with Gasteiger partial charge in [-0.2, -0.15) is 4.98 Å². The van der Waals surface area contributed by atoms with Gasteiger partial charge in [0.05, 0.1) is 46.3 Å². The number of benzene rings is 3. The zero-order valence-electron chi connectivity index (χ0n) is 35.9. The number of aliphatic imine (C=N–C) groups is 1. The smallest absolute Gasteiger partial charge is 0.306 e. The van der Waals surface area contributed by atoms with Gasteiger partial charge in [0.25, 0.3) is 5.56 Å². The molecule has 1 aliphatic heterocycles. The van der Waals surface area contributed by atoms with Crippen molar-refractivity contribution in [3.63, 3.8) is 0 Å². The van der Waals surface area contributed by atoms with Gasteiger partial charge < -0.3 is 38.1 Å². The molecule has 0 aliphatic carbocycles. The van der Waals surface area contributed by atoms with Crippen LogP contribution in [0.1, 0.15) is 56.5 Å². The topological polar surface area (TPSA) is 189 Å². The number of carboxylic acids is 1. The van der Waals surface area contributed by atoms with Crippen molar-refractivity contribution >= 4 is 43.7 Å². The third-order valence-electron chi connectivity index (χ3n) is 11.1. The maximum absolute atomic E-state index is 13.6. The number of ether oxygens (including phenoxy) is 5. The van der Waals surface area contributed by atoms with Gasteiger partial charge >= 0.3 is 11.9 Å². The summed E-state index contributed by atoms with van der Waals surface area (Å²) in [6.07, 6.45) is -2.08. The normalized spacial score (nSPS) is 18.4. The van der Waals surface area contributed by atoms with E-state index in [4.69, 9.17) is 28.1 Å². The summed E-state index contributed by atoms with van der Waals surface area (Å²) in [4.78, 5) is 56.3. The van der Waals surface area contributed by atoms with Crippen molar-refractivity contribution in [2.24, 2.45) is 4.99 Å². The van der Waals surface area contributed by atoms with Crippen LogP contribution in [-0.4, -0.2) is 109 Å². The molecule has 324 valence electrons. The van der Waals surface area contributed by atoms with Gasteiger partial charge in [0, 0.05) is 14.1 Å². The Morgan fingerprint density at radius 1 is 0.918 bits per heavy atom. The van der Waals surface area contributed by atoms with Crippen molar-refractivity contribution in [2.45, 2.75) is 81.9 Å². The number of fused-ring (bicyclic) bond motifs is 1. The standard InChI is InChI=1S/C44H54N6O10Si/c1-43(2,3)61(8,9)60-38-37(59-35(53)24-23-34(51)52)33(58-41(38)50-27-45-36-39(50)47-42(48-40(36)54)46-26-49(4)5)25-57-44(28-13-11-10-12-14-28,29-15-19-31(55-6)20-16-29)30-17-21-32(56-7)22-18-30/h10-22,26-27,33,37-38,41H,23-25H2,1-9H3,(H,51,52)(H,47,48,54)/b46-26-/t33-,37-,38-,41-/m1/s1. The molecule has 5 aromatic rings. The molecule has 0 amide bonds. The first-order valence-electron chi connectivity index (χ1n) is 19.9. The second kappa shape index (κ2) is 18.4. The Hall–Kier alpha value is -5.88. The minimum Gasteiger partial charge on any atom is -0.497 e. The van der Waals surface area contributed by atoms with E-state index in [1.54, 1.807) is 37.8 Å². The van der Waals surface area contributed by atoms with Gasteiger partial charge in [-0.15, -0.1) is 0 Å². The Morgan fingerprint density at radius 2 is 1.51 bits per heavy atom. The largest absolute Gasteiger partial charge is 0.497 e. The average molecular weight is 855 g/mol. The number of nitrogens with one attached hydrogen (secondary N) is 1. The lowest BCUT2D eigenvalue weighted by Crippen LogP contribution is -2.50. The number of hydrogen-bond acceptors (Lipinski definition) is 12. The fourth-order valence-corrected chi connectivity index (χ4v) is 8.17. The summed E-state index contributed by atoms with van der Waals surface area (Å²) in [5.74, 6) is -0.563. The highest BCUT2D eigenvalue weighted by molar-refractivity contribution is 6.74. The molecule has 1 fully saturated rings. The van der Waals surface area contributed by atoms with Crippen LogP contribution in [0.25, 0.3) is 11.2 Å². The molecule has 0 saturated carbocycles. The van der Waals surface area contributed by atoms with Gasteiger partial charge in [-0.3, -0.25) is 23.9 Å². The van der Waals surface area contributed by atoms with Crippen molar-refractivity contribution in [2.75, 3.05) is 34.9 Å². The number of rotatable bonds is 17. The van der Waals surface area contributed by atoms with Crippen LogP contribution in [0.15, 0.2) is 95.0 Å². The highest BCUT2D eigenvalue weighted by Gasteiger charge is 2.54. The van der Waals surface area contributed by atoms with Gasteiger partial charge in [-0.05, 0) is 59.1 Å². The molecule has 61 heavy (non-hydrogen) atoms. The maximum Gasteiger partial charge on any atom is 0.306 e. The van der Waals surface area contributed by atoms with Gasteiger partial charge in [0.2, 0.25) is 5.95 Å². The van der Waals surface area contributed by atoms with E-state index in [9.17, 15) is 19.5 Å². The van der Waals surface area contributed by atoms with Crippen molar-refractivity contribution in [1.82, 2.24) is 24.4 Å². The van der Waals surface area contributed by atoms with E-state index >= 15 is 0 Å². The number of H-pyrrole nitrogens is 1. The number of aromatic nitrogens is 4. The number of carboxylic acid groups (broad SMARTS) is 1. The molecule has 17 heteroatoms. The number of carbonyl (C=O) groups is 2. The quantitative estimate of drug-likeness (QED) is 0.0343. The molecule has 3 aromatic carbocycles. The minimum atomic E-state index is -2.71. The molecule has 0 bridgehead atoms. The van der Waals surface area contributed by atoms with Crippen LogP contribution in [0.2, 0.25) is 18.1 Å². The van der Waals surface area contributed by atoms with E-state index in [1.807, 2.05) is 78.9 Å². The van der Waals surface area contributed by atoms with Crippen LogP contribution in [0, 0.1) is 0 Å². The summed E-state index contributed by atoms with van der Waals surface area (Å²) < 4.78 is 40.2. The molecular formula is C44H54N6O10Si. The fourth-order valence-electron chi connectivity index (χ4n) is 6.88. The van der Waals surface area contributed by atoms with Crippen LogP contribution in [0.5, 0.6) is 11.5 Å². The number of esters is 1. The molecule has 2 N–H and O–H groups in total. The SMILES string of the molecule is COc1ccc(C(OC[C@H]2O[C@@H](n3cnc4c(=O)[nH]c(/N=C\N(C)C)nc43)[C@H](O[Si](C)(C)C(C)(C)C)[C@@H]2OC(=O)CCC(=O)O)(c2ccccc2)c2ccc(OC)cc2)cc1. The van der Waals surface area contributed by atoms with Crippen LogP contribution < -0.4 is 15.0 Å². The fraction of sp³-hybridized carbons (Fsp3) is 0.409. The van der Waals surface area contributed by atoms with E-state index in [2.05, 4.69) is 53.8 Å². The Labute approximate surface area is 355 Å². The summed E-state index contributed by atoms with van der Waals surface area (Å²) in [6.45, 7) is 10.2. The monoisotopic (exact) mass is 854 g/mol. The van der Waals surface area contributed by atoms with Crippen molar-refractivity contribution in [1.29, 1.82) is 0 Å². The zero-order valence-corrected chi connectivity index (χ0v) is 36.9. The van der Waals surface area contributed by atoms with Crippen molar-refractivity contribution in [3.8, 4) is 11.5 Å². The van der Waals surface area contributed by atoms with Gasteiger partial charge in [0.1, 0.15) is 29.3 Å². The maximum atomic E-state index is 13.6. The number of hydrogen-bond donors (Lipinski definition) is 2. The van der Waals surface area contributed by atoms with Crippen LogP contribution in [0.4, 0.5) is 5.95 Å². The number of methoxy groups -OCH3 is 2. The lowest BCUT2D eigenvalue weighted by Gasteiger charge is -2.40. The lowest BCUT2D eigenvalue weighted by atomic mass is 9.80. The molecule has 3 heterocycles. The van der Waals surface area contributed by atoms with E-state index in [1.165, 1.54) is 12.7 Å². The van der Waals surface area contributed by atoms with Gasteiger partial charge in [0.15, 0.2) is 31.8 Å². The van der Waals surface area contributed by atoms with E-state index < -0.39 is 62.4 Å². The summed E-state index contributed by atoms with van der Waals surface area (Å²) >= 11 is 0. The molecule has 16 nitrogen and oxygen atoms in total. The summed E-state index contributed by atoms with van der Waals surface area (Å²) in [6, 6.07) is 24.8. The first-order chi connectivity index (χ1) is 29.0. The molecule has 6 rings (SSSR count). The predicted octanol–water partition coefficient (Wildman–Crippen LogP) is 6.43. The first kappa shape index (κ1) is 44.7. The molecular weight excluding hydrogens is 801 g/mol. The Balaban J connectivity index is 1.53. The van der Waals surface area contributed by atoms with Gasteiger partial charge in [-0.25, -0.2) is 9.98 Å². The molecule has 0 spiro atoms. The van der Waals surface area contributed by atoms with Crippen LogP contribution in [0.3, 0.4) is 0 Å². The number of carbonyl (C=O) groups excluding carboxylic acids is 1. The number of imidazole rings is 1. The number of aliphatic carboxylic acids is 1. The zero-order chi connectivity index (χ0) is 44.1. The predicted molar refractivity (Wildman–Crippen MR) is 231 cm³/mol. The minimum absolute atomic E-state index is 0.0373. The van der Waals surface area contributed by atoms with E-state index in [0.29, 0.717) is 11.5 Å². The summed E-state index contributed by atoms with van der Waals surface area (Å²) in [5.41, 5.74) is 0.726. The third-order valence-corrected chi connectivity index (χ3v) is 15.5. The van der Waals surface area contributed by atoms with Crippen LogP contribution in [-0.2, 0) is 33.8 Å². The third kappa shape index (κ3) is 9.70. The summed E-state index contributed by atoms with van der Waals surface area (Å²) in [7, 11) is 4.06. The second-order valence-electron chi connectivity index (χ2n) is 16.5. The number of aromatic amines is 1. The molecule has 2 aromatic heterocycles. The molecule has 4 atom stereocenters. The average Bonchev–Trinajstić information content (AvgIpc) is 3.80. The van der Waals surface area contributed by atoms with Crippen LogP contribution >= 0.6 is 0 Å². The highest BCUT2D eigenvalue weighted by atomic mass is 28.4. The first-order valence-corrected chi connectivity index (χ1v) is 22.8. The highest BCUT2D eigenvalue weighted by Crippen LogP contribution is 2.46. The summed E-state index contributed by atoms with van der Waals surface area (Å²) in [5, 5.41) is 9.16. The van der Waals surface area contributed by atoms with E-state index in [-0.39, 0.29) is 35.2 Å². The second-order valence-corrected chi connectivity index (χ2v) is 21.2. The molecule has 1 saturated heterocycles. The van der Waals surface area contributed by atoms with Crippen molar-refractivity contribution in [3.05, 3.63) is 112 Å².